The molecule has 0 saturated carbocycles. The maximum absolute atomic E-state index is 12.3. The minimum absolute atomic E-state index is 0.0788. The second kappa shape index (κ2) is 8.02. The molecule has 10 heteroatoms. The van der Waals surface area contributed by atoms with Crippen LogP contribution in [0.3, 0.4) is 0 Å². The first-order valence-electron chi connectivity index (χ1n) is 9.49. The van der Waals surface area contributed by atoms with E-state index < -0.39 is 10.0 Å². The third-order valence-electron chi connectivity index (χ3n) is 5.12. The van der Waals surface area contributed by atoms with Crippen LogP contribution in [0.25, 0.3) is 11.3 Å². The lowest BCUT2D eigenvalue weighted by Crippen LogP contribution is -2.41. The molecule has 0 aliphatic carbocycles. The number of aromatic nitrogens is 1. The topological polar surface area (TPSA) is 91.8 Å². The van der Waals surface area contributed by atoms with Gasteiger partial charge in [-0.2, -0.15) is 0 Å². The van der Waals surface area contributed by atoms with Crippen molar-refractivity contribution in [2.75, 3.05) is 55.3 Å². The Kier molecular flexibility index (Phi) is 5.60. The largest absolute Gasteiger partial charge is 0.379 e. The molecule has 0 unspecified atom stereocenters. The fraction of sp³-hybridized carbons (Fsp3) is 0.474. The molecular formula is C19H24N4O4S2. The number of amides is 1. The van der Waals surface area contributed by atoms with Gasteiger partial charge in [0.15, 0.2) is 5.13 Å². The predicted octanol–water partition coefficient (Wildman–Crippen LogP) is 1.71. The molecule has 2 aromatic rings. The van der Waals surface area contributed by atoms with Gasteiger partial charge in [0.2, 0.25) is 15.9 Å². The summed E-state index contributed by atoms with van der Waals surface area (Å²) >= 11 is 1.45. The van der Waals surface area contributed by atoms with E-state index in [4.69, 9.17) is 4.74 Å². The van der Waals surface area contributed by atoms with Crippen molar-refractivity contribution in [1.82, 2.24) is 9.88 Å². The number of anilines is 2. The molecule has 0 bridgehead atoms. The number of aryl methyl sites for hydroxylation is 1. The standard InChI is InChI=1S/C19H24N4O4S2/c1-13-18(15-3-4-16-14(11-15)5-6-23(16)29(2,25)26)21-19(28-13)20-17(24)12-22-7-9-27-10-8-22/h3-4,11H,5-10,12H2,1-2H3,(H,20,21,24). The van der Waals surface area contributed by atoms with Gasteiger partial charge in [-0.05, 0) is 31.0 Å². The van der Waals surface area contributed by atoms with Gasteiger partial charge in [0.05, 0.1) is 37.4 Å². The molecule has 0 atom stereocenters. The van der Waals surface area contributed by atoms with Crippen LogP contribution >= 0.6 is 11.3 Å². The van der Waals surface area contributed by atoms with Gasteiger partial charge >= 0.3 is 0 Å². The molecule has 0 spiro atoms. The van der Waals surface area contributed by atoms with Gasteiger partial charge in [-0.25, -0.2) is 13.4 Å². The molecule has 1 saturated heterocycles. The third-order valence-corrected chi connectivity index (χ3v) is 7.19. The average molecular weight is 437 g/mol. The summed E-state index contributed by atoms with van der Waals surface area (Å²) in [6, 6.07) is 5.74. The van der Waals surface area contributed by atoms with Crippen LogP contribution < -0.4 is 9.62 Å². The fourth-order valence-corrected chi connectivity index (χ4v) is 5.51. The Balaban J connectivity index is 1.49. The second-order valence-corrected chi connectivity index (χ2v) is 10.4. The van der Waals surface area contributed by atoms with Gasteiger partial charge in [0.25, 0.3) is 0 Å². The minimum atomic E-state index is -3.26. The zero-order chi connectivity index (χ0) is 20.6. The van der Waals surface area contributed by atoms with Crippen LogP contribution in [0.1, 0.15) is 10.4 Å². The number of nitrogens with one attached hydrogen (secondary N) is 1. The Bertz CT molecular complexity index is 1030. The van der Waals surface area contributed by atoms with E-state index in [9.17, 15) is 13.2 Å². The summed E-state index contributed by atoms with van der Waals surface area (Å²) in [6.45, 7) is 5.60. The highest BCUT2D eigenvalue weighted by atomic mass is 32.2. The van der Waals surface area contributed by atoms with Crippen LogP contribution in [-0.4, -0.2) is 69.9 Å². The van der Waals surface area contributed by atoms with E-state index in [0.717, 1.165) is 40.5 Å². The summed E-state index contributed by atoms with van der Waals surface area (Å²) < 4.78 is 30.6. The van der Waals surface area contributed by atoms with E-state index in [0.29, 0.717) is 37.9 Å². The number of thiazole rings is 1. The quantitative estimate of drug-likeness (QED) is 0.767. The summed E-state index contributed by atoms with van der Waals surface area (Å²) in [5.74, 6) is -0.0788. The van der Waals surface area contributed by atoms with Crippen LogP contribution in [0.15, 0.2) is 18.2 Å². The molecule has 1 aromatic carbocycles. The van der Waals surface area contributed by atoms with Gasteiger partial charge in [-0.1, -0.05) is 6.07 Å². The number of fused-ring (bicyclic) bond motifs is 1. The number of benzene rings is 1. The average Bonchev–Trinajstić information content (AvgIpc) is 3.25. The smallest absolute Gasteiger partial charge is 0.240 e. The number of nitrogens with zero attached hydrogens (tertiary/aromatic N) is 3. The summed E-state index contributed by atoms with van der Waals surface area (Å²) in [5, 5.41) is 3.48. The van der Waals surface area contributed by atoms with Crippen molar-refractivity contribution in [2.24, 2.45) is 0 Å². The fourth-order valence-electron chi connectivity index (χ4n) is 3.70. The number of hydrogen-bond donors (Lipinski definition) is 1. The highest BCUT2D eigenvalue weighted by Crippen LogP contribution is 2.36. The summed E-state index contributed by atoms with van der Waals surface area (Å²) in [5.41, 5.74) is 3.49. The first-order chi connectivity index (χ1) is 13.8. The predicted molar refractivity (Wildman–Crippen MR) is 114 cm³/mol. The number of ether oxygens (including phenoxy) is 1. The van der Waals surface area contributed by atoms with Crippen LogP contribution in [0.4, 0.5) is 10.8 Å². The van der Waals surface area contributed by atoms with E-state index in [1.165, 1.54) is 21.9 Å². The monoisotopic (exact) mass is 436 g/mol. The highest BCUT2D eigenvalue weighted by molar-refractivity contribution is 7.92. The molecule has 8 nitrogen and oxygen atoms in total. The summed E-state index contributed by atoms with van der Waals surface area (Å²) in [4.78, 5) is 20.0. The number of carbonyl (C=O) groups is 1. The maximum atomic E-state index is 12.3. The zero-order valence-electron chi connectivity index (χ0n) is 16.5. The Morgan fingerprint density at radius 1 is 1.28 bits per heavy atom. The van der Waals surface area contributed by atoms with E-state index >= 15 is 0 Å². The number of hydrogen-bond acceptors (Lipinski definition) is 7. The summed E-state index contributed by atoms with van der Waals surface area (Å²) in [6.07, 6.45) is 1.91. The molecule has 29 heavy (non-hydrogen) atoms. The lowest BCUT2D eigenvalue weighted by atomic mass is 10.1. The van der Waals surface area contributed by atoms with Crippen LogP contribution in [-0.2, 0) is 26.0 Å². The normalized spacial score (nSPS) is 17.4. The van der Waals surface area contributed by atoms with Crippen molar-refractivity contribution < 1.29 is 17.9 Å². The van der Waals surface area contributed by atoms with Crippen LogP contribution in [0, 0.1) is 6.92 Å². The summed E-state index contributed by atoms with van der Waals surface area (Å²) in [7, 11) is -3.26. The molecule has 3 heterocycles. The molecule has 1 N–H and O–H groups in total. The molecular weight excluding hydrogens is 412 g/mol. The molecule has 2 aliphatic heterocycles. The molecule has 2 aliphatic rings. The third kappa shape index (κ3) is 4.45. The van der Waals surface area contributed by atoms with Crippen LogP contribution in [0.2, 0.25) is 0 Å². The molecule has 1 aromatic heterocycles. The Labute approximate surface area is 174 Å². The molecule has 0 radical (unpaired) electrons. The number of sulfonamides is 1. The van der Waals surface area contributed by atoms with E-state index in [1.807, 2.05) is 25.1 Å². The number of morpholine rings is 1. The minimum Gasteiger partial charge on any atom is -0.379 e. The van der Waals surface area contributed by atoms with E-state index in [2.05, 4.69) is 15.2 Å². The van der Waals surface area contributed by atoms with Crippen molar-refractivity contribution in [1.29, 1.82) is 0 Å². The van der Waals surface area contributed by atoms with Crippen molar-refractivity contribution in [2.45, 2.75) is 13.3 Å². The van der Waals surface area contributed by atoms with Crippen molar-refractivity contribution >= 4 is 38.1 Å². The number of carbonyl (C=O) groups excluding carboxylic acids is 1. The van der Waals surface area contributed by atoms with Crippen molar-refractivity contribution in [3.63, 3.8) is 0 Å². The Morgan fingerprint density at radius 3 is 2.76 bits per heavy atom. The van der Waals surface area contributed by atoms with Gasteiger partial charge < -0.3 is 10.1 Å². The molecule has 156 valence electrons. The van der Waals surface area contributed by atoms with Crippen molar-refractivity contribution in [3.05, 3.63) is 28.6 Å². The number of rotatable bonds is 5. The zero-order valence-corrected chi connectivity index (χ0v) is 18.1. The SMILES string of the molecule is Cc1sc(NC(=O)CN2CCOCC2)nc1-c1ccc2c(c1)CCN2S(C)(=O)=O. The van der Waals surface area contributed by atoms with Crippen molar-refractivity contribution in [3.8, 4) is 11.3 Å². The van der Waals surface area contributed by atoms with E-state index in [-0.39, 0.29) is 5.91 Å². The Hall–Kier alpha value is -2.01. The van der Waals surface area contributed by atoms with Gasteiger partial charge in [0, 0.05) is 30.1 Å². The first kappa shape index (κ1) is 20.3. The van der Waals surface area contributed by atoms with Crippen LogP contribution in [0.5, 0.6) is 0 Å². The Morgan fingerprint density at radius 2 is 2.03 bits per heavy atom. The molecule has 4 rings (SSSR count). The lowest BCUT2D eigenvalue weighted by Gasteiger charge is -2.25. The molecule has 1 fully saturated rings. The molecule has 1 amide bonds. The van der Waals surface area contributed by atoms with Gasteiger partial charge in [-0.3, -0.25) is 14.0 Å². The first-order valence-corrected chi connectivity index (χ1v) is 12.2. The second-order valence-electron chi connectivity index (χ2n) is 7.29. The van der Waals surface area contributed by atoms with E-state index in [1.54, 1.807) is 0 Å². The maximum Gasteiger partial charge on any atom is 0.240 e. The van der Waals surface area contributed by atoms with Gasteiger partial charge in [-0.15, -0.1) is 11.3 Å². The highest BCUT2D eigenvalue weighted by Gasteiger charge is 2.26. The lowest BCUT2D eigenvalue weighted by molar-refractivity contribution is -0.118. The van der Waals surface area contributed by atoms with Gasteiger partial charge in [0.1, 0.15) is 0 Å².